The normalized spacial score (nSPS) is 15.1. The predicted molar refractivity (Wildman–Crippen MR) is 114 cm³/mol. The molecule has 0 spiro atoms. The van der Waals surface area contributed by atoms with E-state index in [1.165, 1.54) is 5.56 Å². The van der Waals surface area contributed by atoms with Crippen LogP contribution < -0.4 is 20.1 Å². The molecule has 1 heterocycles. The standard InChI is InChI=1S/C24H24N2O3/c1-28-22-16-18(23-25-20-12-6-5-11-19(20)24(27)26-23)13-14-21(22)29-15-7-10-17-8-3-2-4-9-17/h2-6,8-9,11-14,16,23,25H,7,10,15H2,1H3,(H,26,27). The predicted octanol–water partition coefficient (Wildman–Crippen LogP) is 4.56. The van der Waals surface area contributed by atoms with Gasteiger partial charge in [0.2, 0.25) is 0 Å². The van der Waals surface area contributed by atoms with Gasteiger partial charge < -0.3 is 20.1 Å². The number of para-hydroxylation sites is 1. The molecule has 3 aromatic rings. The molecule has 1 aliphatic rings. The van der Waals surface area contributed by atoms with Gasteiger partial charge in [-0.1, -0.05) is 48.5 Å². The summed E-state index contributed by atoms with van der Waals surface area (Å²) in [6.45, 7) is 0.608. The van der Waals surface area contributed by atoms with Crippen LogP contribution in [0.25, 0.3) is 0 Å². The molecule has 1 amide bonds. The van der Waals surface area contributed by atoms with Gasteiger partial charge >= 0.3 is 0 Å². The molecule has 3 aromatic carbocycles. The van der Waals surface area contributed by atoms with Crippen molar-refractivity contribution >= 4 is 11.6 Å². The minimum absolute atomic E-state index is 0.0930. The highest BCUT2D eigenvalue weighted by atomic mass is 16.5. The van der Waals surface area contributed by atoms with Gasteiger partial charge in [-0.25, -0.2) is 0 Å². The van der Waals surface area contributed by atoms with E-state index in [0.29, 0.717) is 23.7 Å². The summed E-state index contributed by atoms with van der Waals surface area (Å²) in [5.41, 5.74) is 3.68. The molecular weight excluding hydrogens is 364 g/mol. The summed E-state index contributed by atoms with van der Waals surface area (Å²) in [5, 5.41) is 6.34. The van der Waals surface area contributed by atoms with E-state index in [0.717, 1.165) is 24.1 Å². The molecule has 0 aromatic heterocycles. The van der Waals surface area contributed by atoms with Crippen LogP contribution >= 0.6 is 0 Å². The van der Waals surface area contributed by atoms with Crippen molar-refractivity contribution in [2.75, 3.05) is 19.0 Å². The van der Waals surface area contributed by atoms with Crippen molar-refractivity contribution in [1.29, 1.82) is 0 Å². The maximum absolute atomic E-state index is 12.4. The number of carbonyl (C=O) groups is 1. The van der Waals surface area contributed by atoms with Crippen LogP contribution in [0, 0.1) is 0 Å². The SMILES string of the molecule is COc1cc(C2NC(=O)c3ccccc3N2)ccc1OCCCc1ccccc1. The molecular formula is C24H24N2O3. The van der Waals surface area contributed by atoms with E-state index in [2.05, 4.69) is 34.9 Å². The van der Waals surface area contributed by atoms with E-state index in [1.54, 1.807) is 13.2 Å². The first-order valence-corrected chi connectivity index (χ1v) is 9.75. The van der Waals surface area contributed by atoms with E-state index < -0.39 is 0 Å². The minimum atomic E-state index is -0.321. The Kier molecular flexibility index (Phi) is 5.66. The number of anilines is 1. The Bertz CT molecular complexity index is 988. The molecule has 29 heavy (non-hydrogen) atoms. The van der Waals surface area contributed by atoms with Gasteiger partial charge in [0.1, 0.15) is 6.17 Å². The number of hydrogen-bond donors (Lipinski definition) is 2. The molecule has 0 saturated carbocycles. The van der Waals surface area contributed by atoms with E-state index in [1.807, 2.05) is 42.5 Å². The van der Waals surface area contributed by atoms with Crippen molar-refractivity contribution in [3.63, 3.8) is 0 Å². The highest BCUT2D eigenvalue weighted by molar-refractivity contribution is 6.01. The number of ether oxygens (including phenoxy) is 2. The number of benzene rings is 3. The van der Waals surface area contributed by atoms with Gasteiger partial charge in [0.05, 0.1) is 19.3 Å². The topological polar surface area (TPSA) is 59.6 Å². The van der Waals surface area contributed by atoms with Crippen LogP contribution in [0.15, 0.2) is 72.8 Å². The Balaban J connectivity index is 1.41. The number of methoxy groups -OCH3 is 1. The lowest BCUT2D eigenvalue weighted by Gasteiger charge is -2.28. The lowest BCUT2D eigenvalue weighted by atomic mass is 10.1. The fraction of sp³-hybridized carbons (Fsp3) is 0.208. The third kappa shape index (κ3) is 4.35. The summed E-state index contributed by atoms with van der Waals surface area (Å²) >= 11 is 0. The summed E-state index contributed by atoms with van der Waals surface area (Å²) in [4.78, 5) is 12.4. The Morgan fingerprint density at radius 1 is 0.897 bits per heavy atom. The third-order valence-corrected chi connectivity index (χ3v) is 4.98. The van der Waals surface area contributed by atoms with Crippen LogP contribution in [0.4, 0.5) is 5.69 Å². The van der Waals surface area contributed by atoms with E-state index >= 15 is 0 Å². The van der Waals surface area contributed by atoms with E-state index in [-0.39, 0.29) is 12.1 Å². The molecule has 148 valence electrons. The largest absolute Gasteiger partial charge is 0.493 e. The summed E-state index contributed by atoms with van der Waals surface area (Å²) < 4.78 is 11.5. The maximum atomic E-state index is 12.4. The van der Waals surface area contributed by atoms with Crippen molar-refractivity contribution < 1.29 is 14.3 Å². The van der Waals surface area contributed by atoms with Crippen LogP contribution in [0.2, 0.25) is 0 Å². The molecule has 0 bridgehead atoms. The zero-order valence-corrected chi connectivity index (χ0v) is 16.4. The first-order chi connectivity index (χ1) is 14.2. The Morgan fingerprint density at radius 3 is 2.52 bits per heavy atom. The molecule has 0 fully saturated rings. The second kappa shape index (κ2) is 8.69. The summed E-state index contributed by atoms with van der Waals surface area (Å²) in [6, 6.07) is 23.6. The average Bonchev–Trinajstić information content (AvgIpc) is 2.77. The number of hydrogen-bond acceptors (Lipinski definition) is 4. The third-order valence-electron chi connectivity index (χ3n) is 4.98. The van der Waals surface area contributed by atoms with Crippen LogP contribution in [0.1, 0.15) is 34.1 Å². The number of aryl methyl sites for hydroxylation is 1. The molecule has 1 aliphatic heterocycles. The summed E-state index contributed by atoms with van der Waals surface area (Å²) in [5.74, 6) is 1.26. The van der Waals surface area contributed by atoms with Crippen LogP contribution in [-0.2, 0) is 6.42 Å². The second-order valence-corrected chi connectivity index (χ2v) is 6.94. The van der Waals surface area contributed by atoms with Crippen molar-refractivity contribution in [3.8, 4) is 11.5 Å². The van der Waals surface area contributed by atoms with Crippen LogP contribution in [-0.4, -0.2) is 19.6 Å². The van der Waals surface area contributed by atoms with Gasteiger partial charge in [-0.3, -0.25) is 4.79 Å². The van der Waals surface area contributed by atoms with Gasteiger partial charge in [-0.2, -0.15) is 0 Å². The molecule has 1 atom stereocenters. The monoisotopic (exact) mass is 388 g/mol. The van der Waals surface area contributed by atoms with Crippen molar-refractivity contribution in [2.24, 2.45) is 0 Å². The number of rotatable bonds is 7. The highest BCUT2D eigenvalue weighted by Crippen LogP contribution is 2.33. The fourth-order valence-electron chi connectivity index (χ4n) is 3.46. The Hall–Kier alpha value is -3.47. The lowest BCUT2D eigenvalue weighted by Crippen LogP contribution is -2.38. The average molecular weight is 388 g/mol. The maximum Gasteiger partial charge on any atom is 0.255 e. The first kappa shape index (κ1) is 18.9. The van der Waals surface area contributed by atoms with Crippen molar-refractivity contribution in [3.05, 3.63) is 89.5 Å². The number of fused-ring (bicyclic) bond motifs is 1. The van der Waals surface area contributed by atoms with Crippen LogP contribution in [0.3, 0.4) is 0 Å². The fourth-order valence-corrected chi connectivity index (χ4v) is 3.46. The van der Waals surface area contributed by atoms with E-state index in [9.17, 15) is 4.79 Å². The molecule has 0 aliphatic carbocycles. The molecule has 4 rings (SSSR count). The molecule has 2 N–H and O–H groups in total. The van der Waals surface area contributed by atoms with Crippen LogP contribution in [0.5, 0.6) is 11.5 Å². The number of nitrogens with one attached hydrogen (secondary N) is 2. The lowest BCUT2D eigenvalue weighted by molar-refractivity contribution is 0.0935. The van der Waals surface area contributed by atoms with Gasteiger partial charge in [-0.05, 0) is 48.2 Å². The molecule has 5 heteroatoms. The molecule has 5 nitrogen and oxygen atoms in total. The zero-order valence-electron chi connectivity index (χ0n) is 16.4. The smallest absolute Gasteiger partial charge is 0.255 e. The van der Waals surface area contributed by atoms with Gasteiger partial charge in [0, 0.05) is 5.69 Å². The quantitative estimate of drug-likeness (QED) is 0.583. The number of carbonyl (C=O) groups excluding carboxylic acids is 1. The number of amides is 1. The molecule has 0 radical (unpaired) electrons. The molecule has 0 saturated heterocycles. The van der Waals surface area contributed by atoms with Gasteiger partial charge in [0.25, 0.3) is 5.91 Å². The second-order valence-electron chi connectivity index (χ2n) is 6.94. The minimum Gasteiger partial charge on any atom is -0.493 e. The summed E-state index contributed by atoms with van der Waals surface area (Å²) in [6.07, 6.45) is 1.57. The Labute approximate surface area is 170 Å². The van der Waals surface area contributed by atoms with Crippen molar-refractivity contribution in [2.45, 2.75) is 19.0 Å². The zero-order chi connectivity index (χ0) is 20.1. The Morgan fingerprint density at radius 2 is 1.69 bits per heavy atom. The van der Waals surface area contributed by atoms with Gasteiger partial charge in [-0.15, -0.1) is 0 Å². The van der Waals surface area contributed by atoms with E-state index in [4.69, 9.17) is 9.47 Å². The highest BCUT2D eigenvalue weighted by Gasteiger charge is 2.24. The molecule has 1 unspecified atom stereocenters. The van der Waals surface area contributed by atoms with Crippen molar-refractivity contribution in [1.82, 2.24) is 5.32 Å². The summed E-state index contributed by atoms with van der Waals surface area (Å²) in [7, 11) is 1.62. The van der Waals surface area contributed by atoms with Gasteiger partial charge in [0.15, 0.2) is 11.5 Å². The first-order valence-electron chi connectivity index (χ1n) is 9.75.